The van der Waals surface area contributed by atoms with Crippen molar-refractivity contribution < 1.29 is 1.37 Å². The fourth-order valence-corrected chi connectivity index (χ4v) is 1.20. The molecule has 0 heteroatoms. The largest absolute Gasteiger partial charge is 0.0623 e. The van der Waals surface area contributed by atoms with E-state index >= 15 is 0 Å². The average molecular weight is 156 g/mol. The monoisotopic (exact) mass is 156 g/mol. The maximum Gasteiger partial charge on any atom is 0.0623 e. The Morgan fingerprint density at radius 1 is 0.667 bits per heavy atom. The molecule has 0 radical (unpaired) electrons. The lowest BCUT2D eigenvalue weighted by molar-refractivity contribution is 1.62. The van der Waals surface area contributed by atoms with Crippen molar-refractivity contribution in [3.8, 4) is 11.1 Å². The first kappa shape index (κ1) is 6.01. The van der Waals surface area contributed by atoms with E-state index in [9.17, 15) is 0 Å². The Bertz CT molecular complexity index is 393. The van der Waals surface area contributed by atoms with Gasteiger partial charge in [-0.15, -0.1) is 0 Å². The van der Waals surface area contributed by atoms with Gasteiger partial charge in [0.05, 0.1) is 1.37 Å². The van der Waals surface area contributed by atoms with Gasteiger partial charge in [-0.2, -0.15) is 0 Å². The average Bonchev–Trinajstić information content (AvgIpc) is 2.19. The van der Waals surface area contributed by atoms with Crippen LogP contribution < -0.4 is 0 Å². The second-order valence-electron chi connectivity index (χ2n) is 2.66. The molecule has 0 heterocycles. The summed E-state index contributed by atoms with van der Waals surface area (Å²) >= 11 is 0. The quantitative estimate of drug-likeness (QED) is 0.594. The van der Waals surface area contributed by atoms with Crippen molar-refractivity contribution in [1.29, 1.82) is 0 Å². The zero-order valence-electron chi connectivity index (χ0n) is 7.70. The summed E-state index contributed by atoms with van der Waals surface area (Å²) in [5.41, 5.74) is 2.27. The molecule has 0 saturated carbocycles. The van der Waals surface area contributed by atoms with E-state index in [1.807, 2.05) is 36.4 Å². The van der Waals surface area contributed by atoms with Gasteiger partial charge in [0.2, 0.25) is 0 Å². The van der Waals surface area contributed by atoms with Crippen LogP contribution in [0.4, 0.5) is 0 Å². The molecule has 0 spiro atoms. The molecule has 58 valence electrons. The number of hydrogen-bond acceptors (Lipinski definition) is 0. The molecule has 0 nitrogen and oxygen atoms in total. The Morgan fingerprint density at radius 2 is 1.25 bits per heavy atom. The van der Waals surface area contributed by atoms with E-state index in [4.69, 9.17) is 1.37 Å². The first-order valence-corrected chi connectivity index (χ1v) is 3.98. The number of hydrogen-bond donors (Lipinski definition) is 0. The smallest absolute Gasteiger partial charge is 0.0622 e. The van der Waals surface area contributed by atoms with E-state index in [2.05, 4.69) is 12.1 Å². The van der Waals surface area contributed by atoms with Crippen molar-refractivity contribution >= 4 is 0 Å². The molecular formula is C12H10. The predicted molar refractivity (Wildman–Crippen MR) is 51.9 cm³/mol. The molecule has 0 fully saturated rings. The minimum atomic E-state index is 0.557. The van der Waals surface area contributed by atoms with Gasteiger partial charge in [-0.05, 0) is 11.1 Å². The van der Waals surface area contributed by atoms with Gasteiger partial charge in [0.15, 0.2) is 0 Å². The van der Waals surface area contributed by atoms with E-state index < -0.39 is 0 Å². The summed E-state index contributed by atoms with van der Waals surface area (Å²) in [6.45, 7) is 0. The topological polar surface area (TPSA) is 0 Å². The van der Waals surface area contributed by atoms with Crippen molar-refractivity contribution in [3.05, 3.63) is 60.6 Å². The zero-order chi connectivity index (χ0) is 9.10. The minimum absolute atomic E-state index is 0.557. The standard InChI is InChI=1S/C12H10/c1-3-7-11(8-4-1)12-9-5-2-6-10-12/h1-10H/i3T. The number of rotatable bonds is 1. The van der Waals surface area contributed by atoms with Crippen LogP contribution in [0.2, 0.25) is 0 Å². The Balaban J connectivity index is 2.48. The molecule has 2 rings (SSSR count). The Morgan fingerprint density at radius 3 is 1.92 bits per heavy atom. The van der Waals surface area contributed by atoms with Crippen LogP contribution in [0.3, 0.4) is 0 Å². The predicted octanol–water partition coefficient (Wildman–Crippen LogP) is 3.35. The highest BCUT2D eigenvalue weighted by molar-refractivity contribution is 5.62. The van der Waals surface area contributed by atoms with Crippen molar-refractivity contribution in [2.75, 3.05) is 0 Å². The van der Waals surface area contributed by atoms with Crippen LogP contribution in [-0.4, -0.2) is 0 Å². The van der Waals surface area contributed by atoms with Gasteiger partial charge in [0.1, 0.15) is 0 Å². The van der Waals surface area contributed by atoms with Crippen LogP contribution >= 0.6 is 0 Å². The van der Waals surface area contributed by atoms with Crippen molar-refractivity contribution in [3.63, 3.8) is 0 Å². The molecule has 0 N–H and O–H groups in total. The van der Waals surface area contributed by atoms with E-state index in [1.54, 1.807) is 6.07 Å². The lowest BCUT2D eigenvalue weighted by Gasteiger charge is -1.98. The SMILES string of the molecule is [3H]c1cccc(-c2ccccc2)c1. The van der Waals surface area contributed by atoms with Crippen LogP contribution in [0.25, 0.3) is 11.1 Å². The summed E-state index contributed by atoms with van der Waals surface area (Å²) < 4.78 is 7.49. The lowest BCUT2D eigenvalue weighted by Crippen LogP contribution is -1.73. The molecule has 0 amide bonds. The molecule has 0 aliphatic carbocycles. The van der Waals surface area contributed by atoms with Gasteiger partial charge >= 0.3 is 0 Å². The third kappa shape index (κ3) is 1.37. The fraction of sp³-hybridized carbons (Fsp3) is 0. The molecule has 0 unspecified atom stereocenters. The first-order chi connectivity index (χ1) is 6.36. The third-order valence-corrected chi connectivity index (χ3v) is 1.81. The summed E-state index contributed by atoms with van der Waals surface area (Å²) in [5, 5.41) is 0. The highest BCUT2D eigenvalue weighted by Gasteiger charge is 1.91. The first-order valence-electron chi connectivity index (χ1n) is 4.48. The molecule has 12 heavy (non-hydrogen) atoms. The normalized spacial score (nSPS) is 10.8. The third-order valence-electron chi connectivity index (χ3n) is 1.81. The van der Waals surface area contributed by atoms with E-state index in [1.165, 1.54) is 0 Å². The van der Waals surface area contributed by atoms with Crippen molar-refractivity contribution in [2.45, 2.75) is 0 Å². The molecule has 2 aromatic rings. The number of benzene rings is 2. The van der Waals surface area contributed by atoms with E-state index in [-0.39, 0.29) is 0 Å². The summed E-state index contributed by atoms with van der Waals surface area (Å²) in [6.07, 6.45) is 0. The maximum atomic E-state index is 7.49. The van der Waals surface area contributed by atoms with Gasteiger partial charge in [-0.3, -0.25) is 0 Å². The Hall–Kier alpha value is -1.56. The van der Waals surface area contributed by atoms with E-state index in [0.29, 0.717) is 6.04 Å². The van der Waals surface area contributed by atoms with Gasteiger partial charge in [0, 0.05) is 0 Å². The van der Waals surface area contributed by atoms with Crippen LogP contribution in [-0.2, 0) is 0 Å². The fourth-order valence-electron chi connectivity index (χ4n) is 1.20. The zero-order valence-corrected chi connectivity index (χ0v) is 6.70. The maximum absolute atomic E-state index is 7.49. The highest BCUT2D eigenvalue weighted by atomic mass is 14.0. The van der Waals surface area contributed by atoms with Crippen LogP contribution in [0.1, 0.15) is 1.37 Å². The molecule has 2 aromatic carbocycles. The second-order valence-corrected chi connectivity index (χ2v) is 2.66. The van der Waals surface area contributed by atoms with Gasteiger partial charge in [-0.1, -0.05) is 60.6 Å². The second kappa shape index (κ2) is 3.22. The summed E-state index contributed by atoms with van der Waals surface area (Å²) in [6, 6.07) is 18.2. The summed E-state index contributed by atoms with van der Waals surface area (Å²) in [4.78, 5) is 0. The molecule has 0 aliphatic rings. The Kier molecular flexibility index (Phi) is 1.62. The van der Waals surface area contributed by atoms with Crippen LogP contribution in [0.15, 0.2) is 60.6 Å². The van der Waals surface area contributed by atoms with Gasteiger partial charge < -0.3 is 0 Å². The van der Waals surface area contributed by atoms with Crippen molar-refractivity contribution in [2.24, 2.45) is 0 Å². The lowest BCUT2D eigenvalue weighted by atomic mass is 10.1. The summed E-state index contributed by atoms with van der Waals surface area (Å²) in [7, 11) is 0. The molecule has 0 bridgehead atoms. The summed E-state index contributed by atoms with van der Waals surface area (Å²) in [5.74, 6) is 0. The molecule has 0 aromatic heterocycles. The molecular weight excluding hydrogens is 144 g/mol. The van der Waals surface area contributed by atoms with Gasteiger partial charge in [-0.25, -0.2) is 0 Å². The molecule has 0 aliphatic heterocycles. The highest BCUT2D eigenvalue weighted by Crippen LogP contribution is 2.17. The van der Waals surface area contributed by atoms with Crippen LogP contribution in [0, 0.1) is 0 Å². The van der Waals surface area contributed by atoms with Crippen molar-refractivity contribution in [1.82, 2.24) is 0 Å². The Labute approximate surface area is 73.9 Å². The molecule has 0 atom stereocenters. The van der Waals surface area contributed by atoms with Gasteiger partial charge in [0.25, 0.3) is 0 Å². The minimum Gasteiger partial charge on any atom is -0.0622 e. The van der Waals surface area contributed by atoms with E-state index in [0.717, 1.165) is 11.1 Å². The van der Waals surface area contributed by atoms with Crippen LogP contribution in [0.5, 0.6) is 0 Å². The molecule has 0 saturated heterocycles.